The minimum Gasteiger partial charge on any atom is -0.506 e. The van der Waals surface area contributed by atoms with Crippen LogP contribution < -0.4 is 0 Å². The van der Waals surface area contributed by atoms with Crippen molar-refractivity contribution in [1.82, 2.24) is 4.98 Å². The Labute approximate surface area is 155 Å². The molecule has 2 aliphatic carbocycles. The first kappa shape index (κ1) is 18.2. The Morgan fingerprint density at radius 1 is 1.00 bits per heavy atom. The van der Waals surface area contributed by atoms with Gasteiger partial charge in [-0.25, -0.2) is 4.58 Å². The zero-order chi connectivity index (χ0) is 19.2. The molecule has 0 fully saturated rings. The van der Waals surface area contributed by atoms with Crippen molar-refractivity contribution in [3.05, 3.63) is 63.2 Å². The number of hydrogen-bond donors (Lipinski definition) is 2. The Morgan fingerprint density at radius 2 is 1.65 bits per heavy atom. The Balaban J connectivity index is 2.07. The molecular weight excluding hydrogens is 324 g/mol. The second-order valence-corrected chi connectivity index (χ2v) is 6.97. The lowest BCUT2D eigenvalue weighted by Crippen LogP contribution is -2.25. The molecular formula is C22H27N2O2+. The van der Waals surface area contributed by atoms with Crippen LogP contribution in [0.5, 0.6) is 0 Å². The molecule has 0 saturated carbocycles. The van der Waals surface area contributed by atoms with Gasteiger partial charge in [-0.2, -0.15) is 0 Å². The van der Waals surface area contributed by atoms with E-state index in [4.69, 9.17) is 0 Å². The Bertz CT molecular complexity index is 957. The number of H-pyrrole nitrogens is 1. The number of nitrogens with one attached hydrogen (secondary N) is 1. The molecule has 136 valence electrons. The number of Topliss-reactive ketones (excluding diaryl/α,β-unsaturated/α-hetero) is 1. The van der Waals surface area contributed by atoms with E-state index < -0.39 is 0 Å². The summed E-state index contributed by atoms with van der Waals surface area (Å²) in [5.74, 6) is 0.00331. The number of aliphatic hydroxyl groups is 1. The maximum Gasteiger partial charge on any atom is 0.203 e. The van der Waals surface area contributed by atoms with E-state index in [9.17, 15) is 9.90 Å². The predicted molar refractivity (Wildman–Crippen MR) is 106 cm³/mol. The number of rotatable bonds is 3. The van der Waals surface area contributed by atoms with Crippen molar-refractivity contribution < 1.29 is 14.5 Å². The second-order valence-electron chi connectivity index (χ2n) is 6.97. The normalized spacial score (nSPS) is 19.8. The predicted octanol–water partition coefficient (Wildman–Crippen LogP) is 4.10. The lowest BCUT2D eigenvalue weighted by molar-refractivity contribution is -0.519. The maximum absolute atomic E-state index is 12.8. The van der Waals surface area contributed by atoms with Crippen molar-refractivity contribution in [2.24, 2.45) is 0 Å². The first-order chi connectivity index (χ1) is 12.3. The highest BCUT2D eigenvalue weighted by Gasteiger charge is 2.39. The zero-order valence-corrected chi connectivity index (χ0v) is 16.4. The minimum absolute atomic E-state index is 0.0921. The molecule has 1 aromatic rings. The summed E-state index contributed by atoms with van der Waals surface area (Å²) in [4.78, 5) is 16.1. The monoisotopic (exact) mass is 351 g/mol. The second kappa shape index (κ2) is 6.60. The molecule has 1 heterocycles. The largest absolute Gasteiger partial charge is 0.506 e. The molecule has 4 nitrogen and oxygen atoms in total. The summed E-state index contributed by atoms with van der Waals surface area (Å²) in [6.07, 6.45) is 6.05. The molecule has 1 aromatic heterocycles. The van der Waals surface area contributed by atoms with E-state index in [1.165, 1.54) is 0 Å². The van der Waals surface area contributed by atoms with Gasteiger partial charge in [-0.05, 0) is 69.9 Å². The van der Waals surface area contributed by atoms with Gasteiger partial charge in [0, 0.05) is 17.8 Å². The number of carbonyl (C=O) groups excluding carboxylic acids is 1. The van der Waals surface area contributed by atoms with Gasteiger partial charge in [0.2, 0.25) is 5.78 Å². The number of carbonyl (C=O) groups is 1. The van der Waals surface area contributed by atoms with Crippen LogP contribution in [0, 0.1) is 20.8 Å². The standard InChI is InChI=1S/C22H26N2O2/c1-7-24(8-2)16-9-10-17(12(3)11-16)18-21(25)19(22(18)26)20-14(5)13(4)15(6)23-20/h9-11H,7-8H2,1-6H3,(H,25,26)/p+1. The van der Waals surface area contributed by atoms with E-state index >= 15 is 0 Å². The molecule has 26 heavy (non-hydrogen) atoms. The van der Waals surface area contributed by atoms with Crippen molar-refractivity contribution in [2.75, 3.05) is 13.1 Å². The van der Waals surface area contributed by atoms with Crippen LogP contribution in [0.3, 0.4) is 0 Å². The van der Waals surface area contributed by atoms with Crippen molar-refractivity contribution in [2.45, 2.75) is 41.5 Å². The van der Waals surface area contributed by atoms with E-state index in [1.54, 1.807) is 0 Å². The molecule has 0 unspecified atom stereocenters. The zero-order valence-electron chi connectivity index (χ0n) is 16.4. The fourth-order valence-corrected chi connectivity index (χ4v) is 3.69. The van der Waals surface area contributed by atoms with Gasteiger partial charge in [-0.15, -0.1) is 0 Å². The number of ketones is 1. The van der Waals surface area contributed by atoms with Crippen molar-refractivity contribution >= 4 is 17.1 Å². The number of aromatic nitrogens is 1. The maximum atomic E-state index is 12.8. The molecule has 0 amide bonds. The molecule has 4 heteroatoms. The molecule has 0 radical (unpaired) electrons. The summed E-state index contributed by atoms with van der Waals surface area (Å²) in [5, 5.41) is 10.7. The molecule has 0 aliphatic heterocycles. The Kier molecular flexibility index (Phi) is 4.61. The number of allylic oxidation sites excluding steroid dienone is 7. The summed E-state index contributed by atoms with van der Waals surface area (Å²) >= 11 is 0. The quantitative estimate of drug-likeness (QED) is 0.636. The SMILES string of the molecule is CC[N+](CC)=C1C=C/C(=C2\C(=O)C(c3[nH]c(C)c(C)c3C)=C2O)C(C)=C1. The average Bonchev–Trinajstić information content (AvgIpc) is 2.85. The Morgan fingerprint density at radius 3 is 2.12 bits per heavy atom. The fourth-order valence-electron chi connectivity index (χ4n) is 3.69. The van der Waals surface area contributed by atoms with Gasteiger partial charge in [0.25, 0.3) is 0 Å². The number of aromatic amines is 1. The third kappa shape index (κ3) is 2.61. The van der Waals surface area contributed by atoms with Crippen LogP contribution >= 0.6 is 0 Å². The summed E-state index contributed by atoms with van der Waals surface area (Å²) in [7, 11) is 0. The third-order valence-corrected chi connectivity index (χ3v) is 5.60. The molecule has 2 aliphatic rings. The van der Waals surface area contributed by atoms with Gasteiger partial charge >= 0.3 is 0 Å². The molecule has 2 N–H and O–H groups in total. The highest BCUT2D eigenvalue weighted by atomic mass is 16.3. The van der Waals surface area contributed by atoms with Crippen LogP contribution in [0.25, 0.3) is 5.57 Å². The number of nitrogens with zero attached hydrogens (tertiary/aromatic N) is 1. The van der Waals surface area contributed by atoms with Crippen LogP contribution in [0.2, 0.25) is 0 Å². The van der Waals surface area contributed by atoms with Crippen LogP contribution in [0.1, 0.15) is 43.3 Å². The third-order valence-electron chi connectivity index (χ3n) is 5.60. The van der Waals surface area contributed by atoms with Crippen LogP contribution in [0.15, 0.2) is 40.7 Å². The van der Waals surface area contributed by atoms with Crippen molar-refractivity contribution in [3.63, 3.8) is 0 Å². The molecule has 0 saturated heterocycles. The number of hydrogen-bond acceptors (Lipinski definition) is 2. The van der Waals surface area contributed by atoms with E-state index in [-0.39, 0.29) is 11.5 Å². The first-order valence-corrected chi connectivity index (χ1v) is 9.19. The van der Waals surface area contributed by atoms with Crippen LogP contribution in [0.4, 0.5) is 0 Å². The van der Waals surface area contributed by atoms with Crippen LogP contribution in [-0.2, 0) is 4.79 Å². The van der Waals surface area contributed by atoms with Crippen molar-refractivity contribution in [3.8, 4) is 0 Å². The smallest absolute Gasteiger partial charge is 0.203 e. The van der Waals surface area contributed by atoms with Gasteiger partial charge in [-0.3, -0.25) is 4.79 Å². The number of aryl methyl sites for hydroxylation is 1. The molecule has 0 spiro atoms. The minimum atomic E-state index is -0.0921. The van der Waals surface area contributed by atoms with Gasteiger partial charge in [0.1, 0.15) is 18.8 Å². The molecule has 3 rings (SSSR count). The lowest BCUT2D eigenvalue weighted by Gasteiger charge is -2.24. The van der Waals surface area contributed by atoms with E-state index in [0.717, 1.165) is 52.5 Å². The topological polar surface area (TPSA) is 56.1 Å². The first-order valence-electron chi connectivity index (χ1n) is 9.19. The van der Waals surface area contributed by atoms with E-state index in [0.29, 0.717) is 11.1 Å². The summed E-state index contributed by atoms with van der Waals surface area (Å²) in [6.45, 7) is 14.1. The molecule has 0 aromatic carbocycles. The summed E-state index contributed by atoms with van der Waals surface area (Å²) < 4.78 is 2.26. The van der Waals surface area contributed by atoms with Gasteiger partial charge in [0.05, 0.1) is 16.8 Å². The summed E-state index contributed by atoms with van der Waals surface area (Å²) in [6, 6.07) is 0. The highest BCUT2D eigenvalue weighted by Crippen LogP contribution is 2.41. The molecule has 0 bridgehead atoms. The fraction of sp³-hybridized carbons (Fsp3) is 0.364. The van der Waals surface area contributed by atoms with E-state index in [1.807, 2.05) is 39.8 Å². The van der Waals surface area contributed by atoms with Gasteiger partial charge < -0.3 is 10.1 Å². The van der Waals surface area contributed by atoms with Gasteiger partial charge in [0.15, 0.2) is 5.71 Å². The van der Waals surface area contributed by atoms with E-state index in [2.05, 4.69) is 29.5 Å². The van der Waals surface area contributed by atoms with Crippen LogP contribution in [-0.4, -0.2) is 39.3 Å². The number of aliphatic hydroxyl groups excluding tert-OH is 1. The van der Waals surface area contributed by atoms with Gasteiger partial charge in [-0.1, -0.05) is 0 Å². The summed E-state index contributed by atoms with van der Waals surface area (Å²) in [5.41, 5.74) is 7.69. The highest BCUT2D eigenvalue weighted by molar-refractivity contribution is 6.39. The molecule has 0 atom stereocenters. The Hall–Kier alpha value is -2.62. The van der Waals surface area contributed by atoms with Crippen molar-refractivity contribution in [1.29, 1.82) is 0 Å². The lowest BCUT2D eigenvalue weighted by atomic mass is 9.79. The average molecular weight is 351 g/mol.